The largest absolute Gasteiger partial charge is 0.504 e. The van der Waals surface area contributed by atoms with Crippen molar-refractivity contribution < 1.29 is 24.2 Å². The van der Waals surface area contributed by atoms with Crippen LogP contribution in [0.5, 0.6) is 11.5 Å². The van der Waals surface area contributed by atoms with Crippen LogP contribution in [0.15, 0.2) is 86.9 Å². The number of benzene rings is 3. The van der Waals surface area contributed by atoms with Gasteiger partial charge < -0.3 is 19.9 Å². The smallest absolute Gasteiger partial charge is 0.338 e. The van der Waals surface area contributed by atoms with E-state index in [-0.39, 0.29) is 29.4 Å². The second kappa shape index (κ2) is 10.5. The molecular formula is C26H22Br2N2O5. The Hall–Kier alpha value is -3.30. The van der Waals surface area contributed by atoms with E-state index in [0.717, 1.165) is 8.95 Å². The molecular weight excluding hydrogens is 580 g/mol. The highest BCUT2D eigenvalue weighted by Crippen LogP contribution is 2.44. The number of phenolic OH excluding ortho intramolecular Hbond substituents is 1. The normalized spacial score (nSPS) is 15.4. The zero-order chi connectivity index (χ0) is 25.1. The van der Waals surface area contributed by atoms with Gasteiger partial charge in [-0.05, 0) is 73.2 Å². The van der Waals surface area contributed by atoms with Crippen molar-refractivity contribution >= 4 is 55.1 Å². The lowest BCUT2D eigenvalue weighted by atomic mass is 9.98. The maximum absolute atomic E-state index is 13.9. The van der Waals surface area contributed by atoms with E-state index in [2.05, 4.69) is 37.2 Å². The molecule has 0 bridgehead atoms. The Kier molecular flexibility index (Phi) is 7.47. The topological polar surface area (TPSA) is 88.1 Å². The van der Waals surface area contributed by atoms with Gasteiger partial charge in [0.25, 0.3) is 5.91 Å². The fourth-order valence-electron chi connectivity index (χ4n) is 3.89. The lowest BCUT2D eigenvalue weighted by Gasteiger charge is -2.27. The van der Waals surface area contributed by atoms with Gasteiger partial charge in [0.05, 0.1) is 25.3 Å². The number of nitrogens with zero attached hydrogens (tertiary/aromatic N) is 1. The SMILES string of the molecule is CCOC(=O)C1=C(Nc2ccc(Br)cc2)C(=O)N(c2ccc(Br)cc2)C1c1ccc(O)c(OC)c1. The summed E-state index contributed by atoms with van der Waals surface area (Å²) in [4.78, 5) is 28.7. The Morgan fingerprint density at radius 2 is 1.66 bits per heavy atom. The molecule has 180 valence electrons. The minimum absolute atomic E-state index is 0.0503. The molecule has 1 aliphatic rings. The van der Waals surface area contributed by atoms with E-state index >= 15 is 0 Å². The molecule has 0 spiro atoms. The Bertz CT molecular complexity index is 1290. The van der Waals surface area contributed by atoms with Gasteiger partial charge in [0.15, 0.2) is 11.5 Å². The molecule has 4 rings (SSSR count). The Morgan fingerprint density at radius 3 is 2.26 bits per heavy atom. The van der Waals surface area contributed by atoms with Gasteiger partial charge in [0.1, 0.15) is 5.70 Å². The third-order valence-electron chi connectivity index (χ3n) is 5.47. The van der Waals surface area contributed by atoms with Crippen molar-refractivity contribution in [2.45, 2.75) is 13.0 Å². The number of esters is 1. The molecule has 0 fully saturated rings. The number of carbonyl (C=O) groups is 2. The van der Waals surface area contributed by atoms with E-state index in [1.165, 1.54) is 18.1 Å². The van der Waals surface area contributed by atoms with Crippen molar-refractivity contribution in [1.29, 1.82) is 0 Å². The molecule has 7 nitrogen and oxygen atoms in total. The summed E-state index contributed by atoms with van der Waals surface area (Å²) < 4.78 is 12.4. The zero-order valence-corrected chi connectivity index (χ0v) is 22.1. The number of nitrogens with one attached hydrogen (secondary N) is 1. The number of phenols is 1. The molecule has 3 aromatic rings. The average Bonchev–Trinajstić information content (AvgIpc) is 3.13. The molecule has 0 saturated carbocycles. The minimum atomic E-state index is -0.824. The van der Waals surface area contributed by atoms with Gasteiger partial charge in [-0.3, -0.25) is 9.69 Å². The second-order valence-electron chi connectivity index (χ2n) is 7.63. The highest BCUT2D eigenvalue weighted by molar-refractivity contribution is 9.10. The van der Waals surface area contributed by atoms with Crippen LogP contribution in [0, 0.1) is 0 Å². The quantitative estimate of drug-likeness (QED) is 0.326. The van der Waals surface area contributed by atoms with Crippen molar-refractivity contribution in [1.82, 2.24) is 0 Å². The van der Waals surface area contributed by atoms with E-state index in [1.54, 1.807) is 43.3 Å². The van der Waals surface area contributed by atoms with Gasteiger partial charge in [-0.2, -0.15) is 0 Å². The van der Waals surface area contributed by atoms with Crippen LogP contribution in [0.2, 0.25) is 0 Å². The molecule has 0 aliphatic carbocycles. The van der Waals surface area contributed by atoms with Gasteiger partial charge >= 0.3 is 5.97 Å². The first-order chi connectivity index (χ1) is 16.8. The maximum atomic E-state index is 13.9. The molecule has 0 radical (unpaired) electrons. The third-order valence-corrected chi connectivity index (χ3v) is 6.52. The van der Waals surface area contributed by atoms with Crippen LogP contribution in [0.4, 0.5) is 11.4 Å². The molecule has 9 heteroatoms. The van der Waals surface area contributed by atoms with Gasteiger partial charge in [-0.1, -0.05) is 37.9 Å². The predicted octanol–water partition coefficient (Wildman–Crippen LogP) is 5.94. The lowest BCUT2D eigenvalue weighted by Crippen LogP contribution is -2.31. The molecule has 1 heterocycles. The Labute approximate surface area is 219 Å². The lowest BCUT2D eigenvalue weighted by molar-refractivity contribution is -0.138. The number of amides is 1. The summed E-state index contributed by atoms with van der Waals surface area (Å²) in [6.07, 6.45) is 0. The summed E-state index contributed by atoms with van der Waals surface area (Å²) in [6, 6.07) is 18.4. The standard InChI is InChI=1S/C26H22Br2N2O5/c1-3-35-26(33)22-23(29-18-9-5-16(27)6-10-18)25(32)30(19-11-7-17(28)8-12-19)24(22)15-4-13-20(31)21(14-15)34-2/h4-14,24,29,31H,3H2,1-2H3. The molecule has 1 unspecified atom stereocenters. The van der Waals surface area contributed by atoms with Crippen LogP contribution in [-0.2, 0) is 14.3 Å². The first-order valence-electron chi connectivity index (χ1n) is 10.7. The van der Waals surface area contributed by atoms with E-state index in [1.807, 2.05) is 24.3 Å². The fourth-order valence-corrected chi connectivity index (χ4v) is 4.42. The van der Waals surface area contributed by atoms with Crippen LogP contribution < -0.4 is 15.0 Å². The molecule has 1 amide bonds. The number of aromatic hydroxyl groups is 1. The summed E-state index contributed by atoms with van der Waals surface area (Å²) in [7, 11) is 1.44. The number of hydrogen-bond acceptors (Lipinski definition) is 6. The highest BCUT2D eigenvalue weighted by Gasteiger charge is 2.45. The van der Waals surface area contributed by atoms with E-state index in [9.17, 15) is 14.7 Å². The number of carbonyl (C=O) groups excluding carboxylic acids is 2. The molecule has 3 aromatic carbocycles. The number of ether oxygens (including phenoxy) is 2. The van der Waals surface area contributed by atoms with Crippen molar-refractivity contribution in [3.05, 3.63) is 92.5 Å². The number of rotatable bonds is 7. The van der Waals surface area contributed by atoms with Crippen molar-refractivity contribution in [3.63, 3.8) is 0 Å². The van der Waals surface area contributed by atoms with Gasteiger partial charge in [-0.25, -0.2) is 4.79 Å². The monoisotopic (exact) mass is 600 g/mol. The third kappa shape index (κ3) is 5.06. The summed E-state index contributed by atoms with van der Waals surface area (Å²) in [6.45, 7) is 1.86. The number of methoxy groups -OCH3 is 1. The van der Waals surface area contributed by atoms with Gasteiger partial charge in [-0.15, -0.1) is 0 Å². The van der Waals surface area contributed by atoms with Crippen LogP contribution in [0.3, 0.4) is 0 Å². The van der Waals surface area contributed by atoms with E-state index in [4.69, 9.17) is 9.47 Å². The summed E-state index contributed by atoms with van der Waals surface area (Å²) >= 11 is 6.83. The van der Waals surface area contributed by atoms with Crippen LogP contribution in [0.1, 0.15) is 18.5 Å². The molecule has 0 aromatic heterocycles. The molecule has 0 saturated heterocycles. The first kappa shape index (κ1) is 24.8. The molecule has 2 N–H and O–H groups in total. The Balaban J connectivity index is 1.92. The highest BCUT2D eigenvalue weighted by atomic mass is 79.9. The fraction of sp³-hybridized carbons (Fsp3) is 0.154. The minimum Gasteiger partial charge on any atom is -0.504 e. The number of hydrogen-bond donors (Lipinski definition) is 2. The van der Waals surface area contributed by atoms with Gasteiger partial charge in [0.2, 0.25) is 0 Å². The average molecular weight is 602 g/mol. The second-order valence-corrected chi connectivity index (χ2v) is 9.46. The van der Waals surface area contributed by atoms with Crippen molar-refractivity contribution in [3.8, 4) is 11.5 Å². The molecule has 35 heavy (non-hydrogen) atoms. The first-order valence-corrected chi connectivity index (χ1v) is 12.3. The Morgan fingerprint density at radius 1 is 1.03 bits per heavy atom. The van der Waals surface area contributed by atoms with Gasteiger partial charge in [0, 0.05) is 20.3 Å². The number of anilines is 2. The summed E-state index contributed by atoms with van der Waals surface area (Å²) in [5.41, 5.74) is 2.08. The summed E-state index contributed by atoms with van der Waals surface area (Å²) in [5, 5.41) is 13.3. The van der Waals surface area contributed by atoms with Crippen LogP contribution in [0.25, 0.3) is 0 Å². The molecule has 1 atom stereocenters. The predicted molar refractivity (Wildman–Crippen MR) is 140 cm³/mol. The zero-order valence-electron chi connectivity index (χ0n) is 18.9. The number of halogens is 2. The van der Waals surface area contributed by atoms with Crippen LogP contribution in [-0.4, -0.2) is 30.7 Å². The van der Waals surface area contributed by atoms with Crippen molar-refractivity contribution in [2.24, 2.45) is 0 Å². The molecule has 1 aliphatic heterocycles. The van der Waals surface area contributed by atoms with Crippen LogP contribution >= 0.6 is 31.9 Å². The van der Waals surface area contributed by atoms with E-state index in [0.29, 0.717) is 16.9 Å². The maximum Gasteiger partial charge on any atom is 0.338 e. The van der Waals surface area contributed by atoms with Crippen molar-refractivity contribution in [2.75, 3.05) is 23.9 Å². The van der Waals surface area contributed by atoms with E-state index < -0.39 is 17.9 Å². The summed E-state index contributed by atoms with van der Waals surface area (Å²) in [5.74, 6) is -0.832.